The molecule has 0 unspecified atom stereocenters. The van der Waals surface area contributed by atoms with Gasteiger partial charge in [-0.25, -0.2) is 18.2 Å². The molecular formula is C25H18F3N3O4. The predicted molar refractivity (Wildman–Crippen MR) is 121 cm³/mol. The minimum Gasteiger partial charge on any atom is -0.506 e. The fourth-order valence-corrected chi connectivity index (χ4v) is 3.49. The van der Waals surface area contributed by atoms with Gasteiger partial charge in [-0.15, -0.1) is 0 Å². The first-order valence-corrected chi connectivity index (χ1v) is 10.5. The third kappa shape index (κ3) is 4.91. The third-order valence-electron chi connectivity index (χ3n) is 5.09. The van der Waals surface area contributed by atoms with E-state index in [0.717, 1.165) is 18.2 Å². The SMILES string of the molecule is CCOC(=O)CNC(=O)c1c(O)c(-c2cccc(F)c2)cc2nc(-c3ccc(F)c(F)c3)cnc12. The van der Waals surface area contributed by atoms with Crippen molar-refractivity contribution in [3.05, 3.63) is 77.7 Å². The predicted octanol–water partition coefficient (Wildman–Crippen LogP) is 4.38. The average Bonchev–Trinajstić information content (AvgIpc) is 2.84. The maximum atomic E-state index is 13.9. The Morgan fingerprint density at radius 1 is 1.03 bits per heavy atom. The number of phenolic OH excluding ortho intramolecular Hbond substituents is 1. The summed E-state index contributed by atoms with van der Waals surface area (Å²) in [6.45, 7) is 1.27. The molecule has 0 bridgehead atoms. The minimum atomic E-state index is -1.07. The molecule has 2 N–H and O–H groups in total. The number of nitrogens with one attached hydrogen (secondary N) is 1. The number of amides is 1. The summed E-state index contributed by atoms with van der Waals surface area (Å²) < 4.78 is 45.8. The Bertz CT molecular complexity index is 1460. The van der Waals surface area contributed by atoms with Gasteiger partial charge in [0.2, 0.25) is 0 Å². The van der Waals surface area contributed by atoms with Crippen LogP contribution in [0.1, 0.15) is 17.3 Å². The molecule has 4 aromatic rings. The fourth-order valence-electron chi connectivity index (χ4n) is 3.49. The number of aromatic nitrogens is 2. The highest BCUT2D eigenvalue weighted by Crippen LogP contribution is 2.37. The van der Waals surface area contributed by atoms with Gasteiger partial charge in [-0.05, 0) is 48.9 Å². The largest absolute Gasteiger partial charge is 0.506 e. The summed E-state index contributed by atoms with van der Waals surface area (Å²) in [5.74, 6) is -4.70. The van der Waals surface area contributed by atoms with E-state index in [1.807, 2.05) is 0 Å². The monoisotopic (exact) mass is 481 g/mol. The van der Waals surface area contributed by atoms with Crippen LogP contribution in [0.5, 0.6) is 5.75 Å². The van der Waals surface area contributed by atoms with Gasteiger partial charge in [0.1, 0.15) is 29.2 Å². The molecule has 1 amide bonds. The third-order valence-corrected chi connectivity index (χ3v) is 5.09. The van der Waals surface area contributed by atoms with Crippen molar-refractivity contribution in [2.75, 3.05) is 13.2 Å². The van der Waals surface area contributed by atoms with Gasteiger partial charge in [-0.2, -0.15) is 0 Å². The highest BCUT2D eigenvalue weighted by Gasteiger charge is 2.23. The fraction of sp³-hybridized carbons (Fsp3) is 0.120. The standard InChI is InChI=1S/C25H18F3N3O4/c1-2-35-21(32)12-30-25(34)22-23-19(10-16(24(22)33)13-4-3-5-15(26)8-13)31-20(11-29-23)14-6-7-17(27)18(28)9-14/h3-11,33H,2,12H2,1H3,(H,30,34). The summed E-state index contributed by atoms with van der Waals surface area (Å²) in [5, 5.41) is 13.3. The second kappa shape index (κ2) is 9.80. The van der Waals surface area contributed by atoms with Crippen molar-refractivity contribution in [1.82, 2.24) is 15.3 Å². The molecule has 0 saturated heterocycles. The molecule has 0 saturated carbocycles. The Labute approximate surface area is 197 Å². The lowest BCUT2D eigenvalue weighted by Gasteiger charge is -2.14. The Kier molecular flexibility index (Phi) is 6.63. The summed E-state index contributed by atoms with van der Waals surface area (Å²) in [6.07, 6.45) is 1.23. The maximum absolute atomic E-state index is 13.9. The normalized spacial score (nSPS) is 10.9. The molecule has 0 radical (unpaired) electrons. The van der Waals surface area contributed by atoms with Crippen LogP contribution in [0.3, 0.4) is 0 Å². The summed E-state index contributed by atoms with van der Waals surface area (Å²) in [6, 6.07) is 9.94. The number of ether oxygens (including phenoxy) is 1. The number of phenols is 1. The minimum absolute atomic E-state index is 0.0182. The van der Waals surface area contributed by atoms with Crippen LogP contribution in [-0.2, 0) is 9.53 Å². The highest BCUT2D eigenvalue weighted by atomic mass is 19.2. The van der Waals surface area contributed by atoms with E-state index in [-0.39, 0.29) is 45.6 Å². The van der Waals surface area contributed by atoms with Crippen LogP contribution in [-0.4, -0.2) is 40.1 Å². The van der Waals surface area contributed by atoms with Crippen molar-refractivity contribution in [3.8, 4) is 28.1 Å². The Morgan fingerprint density at radius 2 is 1.83 bits per heavy atom. The molecule has 0 aliphatic rings. The number of fused-ring (bicyclic) bond motifs is 1. The van der Waals surface area contributed by atoms with E-state index in [1.54, 1.807) is 6.92 Å². The van der Waals surface area contributed by atoms with Gasteiger partial charge in [0.25, 0.3) is 5.91 Å². The number of carbonyl (C=O) groups excluding carboxylic acids is 2. The number of aromatic hydroxyl groups is 1. The molecule has 10 heteroatoms. The van der Waals surface area contributed by atoms with E-state index in [0.29, 0.717) is 0 Å². The average molecular weight is 481 g/mol. The summed E-state index contributed by atoms with van der Waals surface area (Å²) in [4.78, 5) is 33.3. The smallest absolute Gasteiger partial charge is 0.325 e. The summed E-state index contributed by atoms with van der Waals surface area (Å²) >= 11 is 0. The number of nitrogens with zero attached hydrogens (tertiary/aromatic N) is 2. The number of hydrogen-bond donors (Lipinski definition) is 2. The molecule has 0 fully saturated rings. The van der Waals surface area contributed by atoms with Crippen molar-refractivity contribution in [2.45, 2.75) is 6.92 Å². The van der Waals surface area contributed by atoms with Crippen LogP contribution < -0.4 is 5.32 Å². The van der Waals surface area contributed by atoms with Crippen LogP contribution >= 0.6 is 0 Å². The number of esters is 1. The van der Waals surface area contributed by atoms with Crippen molar-refractivity contribution < 1.29 is 32.6 Å². The number of carbonyl (C=O) groups is 2. The van der Waals surface area contributed by atoms with Gasteiger partial charge < -0.3 is 15.2 Å². The number of halogens is 3. The molecule has 3 aromatic carbocycles. The van der Waals surface area contributed by atoms with Gasteiger partial charge in [-0.1, -0.05) is 12.1 Å². The summed E-state index contributed by atoms with van der Waals surface area (Å²) in [5.41, 5.74) is 0.535. The highest BCUT2D eigenvalue weighted by molar-refractivity contribution is 6.10. The van der Waals surface area contributed by atoms with Crippen molar-refractivity contribution in [3.63, 3.8) is 0 Å². The van der Waals surface area contributed by atoms with E-state index in [1.165, 1.54) is 36.5 Å². The first-order chi connectivity index (χ1) is 16.8. The molecule has 7 nitrogen and oxygen atoms in total. The van der Waals surface area contributed by atoms with E-state index in [4.69, 9.17) is 4.74 Å². The molecule has 0 spiro atoms. The lowest BCUT2D eigenvalue weighted by Crippen LogP contribution is -2.31. The first kappa shape index (κ1) is 23.7. The second-order valence-electron chi connectivity index (χ2n) is 7.40. The van der Waals surface area contributed by atoms with Gasteiger partial charge in [0, 0.05) is 11.1 Å². The van der Waals surface area contributed by atoms with Gasteiger partial charge >= 0.3 is 5.97 Å². The van der Waals surface area contributed by atoms with E-state index in [2.05, 4.69) is 15.3 Å². The van der Waals surface area contributed by atoms with Crippen LogP contribution in [0, 0.1) is 17.5 Å². The quantitative estimate of drug-likeness (QED) is 0.397. The Hall–Kier alpha value is -4.47. The molecule has 0 aliphatic carbocycles. The van der Waals surface area contributed by atoms with Crippen LogP contribution in [0.25, 0.3) is 33.4 Å². The van der Waals surface area contributed by atoms with E-state index < -0.39 is 41.6 Å². The van der Waals surface area contributed by atoms with Crippen molar-refractivity contribution in [2.24, 2.45) is 0 Å². The van der Waals surface area contributed by atoms with Crippen LogP contribution in [0.2, 0.25) is 0 Å². The topological polar surface area (TPSA) is 101 Å². The Morgan fingerprint density at radius 3 is 2.54 bits per heavy atom. The van der Waals surface area contributed by atoms with Crippen molar-refractivity contribution >= 4 is 22.9 Å². The molecule has 178 valence electrons. The second-order valence-corrected chi connectivity index (χ2v) is 7.40. The zero-order valence-electron chi connectivity index (χ0n) is 18.3. The van der Waals surface area contributed by atoms with Crippen LogP contribution in [0.15, 0.2) is 54.7 Å². The van der Waals surface area contributed by atoms with Gasteiger partial charge in [0.15, 0.2) is 11.6 Å². The molecule has 1 aromatic heterocycles. The van der Waals surface area contributed by atoms with Gasteiger partial charge in [-0.3, -0.25) is 14.6 Å². The molecule has 0 aliphatic heterocycles. The first-order valence-electron chi connectivity index (χ1n) is 10.5. The molecule has 4 rings (SSSR count). The molecular weight excluding hydrogens is 463 g/mol. The molecule has 35 heavy (non-hydrogen) atoms. The number of hydrogen-bond acceptors (Lipinski definition) is 6. The summed E-state index contributed by atoms with van der Waals surface area (Å²) in [7, 11) is 0. The van der Waals surface area contributed by atoms with Crippen molar-refractivity contribution in [1.29, 1.82) is 0 Å². The lowest BCUT2D eigenvalue weighted by atomic mass is 9.98. The molecule has 1 heterocycles. The van der Waals surface area contributed by atoms with E-state index in [9.17, 15) is 27.9 Å². The number of benzene rings is 3. The number of rotatable bonds is 6. The molecule has 0 atom stereocenters. The Balaban J connectivity index is 1.88. The van der Waals surface area contributed by atoms with Gasteiger partial charge in [0.05, 0.1) is 24.0 Å². The zero-order chi connectivity index (χ0) is 25.1. The van der Waals surface area contributed by atoms with Crippen LogP contribution in [0.4, 0.5) is 13.2 Å². The zero-order valence-corrected chi connectivity index (χ0v) is 18.3. The maximum Gasteiger partial charge on any atom is 0.325 e. The lowest BCUT2D eigenvalue weighted by molar-refractivity contribution is -0.141. The van der Waals surface area contributed by atoms with E-state index >= 15 is 0 Å².